The van der Waals surface area contributed by atoms with Crippen molar-refractivity contribution in [2.24, 2.45) is 5.73 Å². The average Bonchev–Trinajstić information content (AvgIpc) is 2.47. The summed E-state index contributed by atoms with van der Waals surface area (Å²) in [5.74, 6) is 0. The molecule has 3 aliphatic heterocycles. The Balaban J connectivity index is 2.02. The first-order valence-corrected chi connectivity index (χ1v) is 6.44. The van der Waals surface area contributed by atoms with Crippen molar-refractivity contribution in [1.82, 2.24) is 9.80 Å². The van der Waals surface area contributed by atoms with Crippen LogP contribution in [-0.4, -0.2) is 47.4 Å². The van der Waals surface area contributed by atoms with Crippen LogP contribution in [0.5, 0.6) is 0 Å². The van der Waals surface area contributed by atoms with Crippen molar-refractivity contribution < 1.29 is 4.74 Å². The maximum atomic E-state index is 6.43. The lowest BCUT2D eigenvalue weighted by atomic mass is 9.98. The number of ether oxygens (including phenoxy) is 1. The normalized spacial score (nSPS) is 43.5. The topological polar surface area (TPSA) is 41.7 Å². The van der Waals surface area contributed by atoms with E-state index in [2.05, 4.69) is 29.4 Å². The fourth-order valence-electron chi connectivity index (χ4n) is 3.18. The lowest BCUT2D eigenvalue weighted by molar-refractivity contribution is -0.201. The van der Waals surface area contributed by atoms with E-state index in [-0.39, 0.29) is 11.4 Å². The summed E-state index contributed by atoms with van der Waals surface area (Å²) in [7, 11) is 0. The van der Waals surface area contributed by atoms with E-state index < -0.39 is 0 Å². The molecule has 1 aliphatic carbocycles. The van der Waals surface area contributed by atoms with Crippen LogP contribution in [0.25, 0.3) is 0 Å². The molecule has 0 amide bonds. The fraction of sp³-hybridized carbons (Fsp3) is 0.769. The van der Waals surface area contributed by atoms with E-state index in [0.717, 1.165) is 44.7 Å². The van der Waals surface area contributed by atoms with E-state index in [1.165, 1.54) is 0 Å². The molecule has 4 heteroatoms. The van der Waals surface area contributed by atoms with Gasteiger partial charge in [0.2, 0.25) is 0 Å². The van der Waals surface area contributed by atoms with Crippen LogP contribution in [0, 0.1) is 0 Å². The number of nitrogens with two attached hydrogens (primary N) is 1. The minimum atomic E-state index is -0.280. The third kappa shape index (κ3) is 1.72. The van der Waals surface area contributed by atoms with Crippen molar-refractivity contribution in [3.8, 4) is 0 Å². The van der Waals surface area contributed by atoms with E-state index in [1.54, 1.807) is 0 Å². The van der Waals surface area contributed by atoms with Crippen LogP contribution in [-0.2, 0) is 4.74 Å². The smallest absolute Gasteiger partial charge is 0.151 e. The molecule has 94 valence electrons. The van der Waals surface area contributed by atoms with E-state index in [4.69, 9.17) is 10.5 Å². The lowest BCUT2D eigenvalue weighted by Gasteiger charge is -2.42. The van der Waals surface area contributed by atoms with Crippen molar-refractivity contribution in [1.29, 1.82) is 0 Å². The zero-order valence-electron chi connectivity index (χ0n) is 10.7. The molecule has 3 saturated heterocycles. The monoisotopic (exact) mass is 235 g/mol. The number of fused-ring (bicyclic) bond motifs is 3. The van der Waals surface area contributed by atoms with Gasteiger partial charge < -0.3 is 10.5 Å². The predicted molar refractivity (Wildman–Crippen MR) is 66.1 cm³/mol. The largest absolute Gasteiger partial charge is 0.396 e. The Morgan fingerprint density at radius 2 is 1.88 bits per heavy atom. The van der Waals surface area contributed by atoms with Crippen LogP contribution in [0.15, 0.2) is 17.5 Å². The molecule has 0 radical (unpaired) electrons. The van der Waals surface area contributed by atoms with Gasteiger partial charge in [0.1, 0.15) is 5.72 Å². The lowest BCUT2D eigenvalue weighted by Crippen LogP contribution is -2.52. The highest BCUT2D eigenvalue weighted by Crippen LogP contribution is 2.38. The Labute approximate surface area is 103 Å². The molecule has 0 aromatic carbocycles. The summed E-state index contributed by atoms with van der Waals surface area (Å²) >= 11 is 0. The number of piperazine rings is 1. The molecule has 1 atom stereocenters. The molecule has 1 spiro atoms. The molecule has 0 aromatic heterocycles. The first kappa shape index (κ1) is 11.3. The Bertz CT molecular complexity index is 389. The molecule has 3 heterocycles. The van der Waals surface area contributed by atoms with Crippen molar-refractivity contribution >= 4 is 0 Å². The summed E-state index contributed by atoms with van der Waals surface area (Å²) in [5, 5.41) is 0. The second kappa shape index (κ2) is 3.59. The van der Waals surface area contributed by atoms with Gasteiger partial charge in [0.15, 0.2) is 5.72 Å². The molecular weight excluding hydrogens is 214 g/mol. The summed E-state index contributed by atoms with van der Waals surface area (Å²) < 4.78 is 6.43. The van der Waals surface area contributed by atoms with Crippen molar-refractivity contribution in [3.63, 3.8) is 0 Å². The minimum absolute atomic E-state index is 0.199. The molecule has 2 bridgehead atoms. The molecule has 3 fully saturated rings. The molecule has 17 heavy (non-hydrogen) atoms. The van der Waals surface area contributed by atoms with Gasteiger partial charge in [-0.1, -0.05) is 0 Å². The maximum absolute atomic E-state index is 6.43. The quantitative estimate of drug-likeness (QED) is 0.632. The third-order valence-electron chi connectivity index (χ3n) is 4.24. The van der Waals surface area contributed by atoms with E-state index in [9.17, 15) is 0 Å². The molecule has 4 rings (SSSR count). The summed E-state index contributed by atoms with van der Waals surface area (Å²) in [4.78, 5) is 4.87. The van der Waals surface area contributed by atoms with Gasteiger partial charge in [-0.15, -0.1) is 5.73 Å². The van der Waals surface area contributed by atoms with Gasteiger partial charge in [-0.05, 0) is 20.3 Å². The highest BCUT2D eigenvalue weighted by Gasteiger charge is 2.48. The second-order valence-corrected chi connectivity index (χ2v) is 5.68. The summed E-state index contributed by atoms with van der Waals surface area (Å²) in [6, 6.07) is 0. The van der Waals surface area contributed by atoms with Crippen molar-refractivity contribution in [2.75, 3.05) is 26.2 Å². The number of nitrogens with zero attached hydrogens (tertiary/aromatic N) is 2. The van der Waals surface area contributed by atoms with Crippen LogP contribution >= 0.6 is 0 Å². The first-order valence-electron chi connectivity index (χ1n) is 6.44. The molecule has 0 saturated carbocycles. The van der Waals surface area contributed by atoms with E-state index in [0.29, 0.717) is 0 Å². The first-order chi connectivity index (χ1) is 8.02. The molecular formula is C13H21N3O. The van der Waals surface area contributed by atoms with Crippen molar-refractivity contribution in [3.05, 3.63) is 17.5 Å². The van der Waals surface area contributed by atoms with Gasteiger partial charge in [0.25, 0.3) is 0 Å². The summed E-state index contributed by atoms with van der Waals surface area (Å²) in [6.45, 7) is 8.64. The number of hydrogen-bond donors (Lipinski definition) is 1. The van der Waals surface area contributed by atoms with Crippen LogP contribution in [0.4, 0.5) is 0 Å². The zero-order valence-corrected chi connectivity index (χ0v) is 10.7. The Kier molecular flexibility index (Phi) is 2.39. The van der Waals surface area contributed by atoms with E-state index >= 15 is 0 Å². The minimum Gasteiger partial charge on any atom is -0.396 e. The molecule has 4 nitrogen and oxygen atoms in total. The fourth-order valence-corrected chi connectivity index (χ4v) is 3.18. The molecule has 1 unspecified atom stereocenters. The Morgan fingerprint density at radius 3 is 2.47 bits per heavy atom. The van der Waals surface area contributed by atoms with Crippen LogP contribution < -0.4 is 5.73 Å². The van der Waals surface area contributed by atoms with Crippen LogP contribution in [0.2, 0.25) is 0 Å². The molecule has 0 aromatic rings. The standard InChI is InChI=1S/C13H21N3O/c1-12(2)15-7-9-16(10-8-15)13(17-12)5-3-11(14)4-6-13/h6H,3,5,7-10,14H2,1-2H3. The van der Waals surface area contributed by atoms with E-state index in [1.807, 2.05) is 6.08 Å². The third-order valence-corrected chi connectivity index (χ3v) is 4.24. The predicted octanol–water partition coefficient (Wildman–Crippen LogP) is 0.858. The maximum Gasteiger partial charge on any atom is 0.151 e. The summed E-state index contributed by atoms with van der Waals surface area (Å²) in [6.07, 6.45) is 3.87. The second-order valence-electron chi connectivity index (χ2n) is 5.68. The van der Waals surface area contributed by atoms with Gasteiger partial charge in [-0.3, -0.25) is 9.80 Å². The average molecular weight is 235 g/mol. The Hall–Kier alpha value is -0.800. The Morgan fingerprint density at radius 1 is 1.24 bits per heavy atom. The van der Waals surface area contributed by atoms with Gasteiger partial charge in [0.05, 0.1) is 5.70 Å². The number of rotatable bonds is 0. The SMILES string of the molecule is CC1(C)OC2(C=C=C(N)CC2)N2CCN1CC2. The van der Waals surface area contributed by atoms with Crippen LogP contribution in [0.1, 0.15) is 26.7 Å². The molecule has 2 N–H and O–H groups in total. The highest BCUT2D eigenvalue weighted by atomic mass is 16.6. The van der Waals surface area contributed by atoms with Gasteiger partial charge >= 0.3 is 0 Å². The van der Waals surface area contributed by atoms with Gasteiger partial charge in [-0.25, -0.2) is 0 Å². The van der Waals surface area contributed by atoms with Crippen molar-refractivity contribution in [2.45, 2.75) is 38.1 Å². The number of hydrogen-bond acceptors (Lipinski definition) is 4. The van der Waals surface area contributed by atoms with Gasteiger partial charge in [-0.2, -0.15) is 0 Å². The van der Waals surface area contributed by atoms with Gasteiger partial charge in [0, 0.05) is 38.7 Å². The van der Waals surface area contributed by atoms with Crippen LogP contribution in [0.3, 0.4) is 0 Å². The highest BCUT2D eigenvalue weighted by molar-refractivity contribution is 5.14. The summed E-state index contributed by atoms with van der Waals surface area (Å²) in [5.41, 5.74) is 9.36. The molecule has 4 aliphatic rings. The zero-order chi connectivity index (χ0) is 12.1.